The van der Waals surface area contributed by atoms with Crippen LogP contribution in [0.4, 0.5) is 0 Å². The Labute approximate surface area is 74.6 Å². The maximum atomic E-state index is 5.12. The van der Waals surface area contributed by atoms with Crippen molar-refractivity contribution < 1.29 is 9.57 Å². The molecule has 3 nitrogen and oxygen atoms in total. The third-order valence-electron chi connectivity index (χ3n) is 2.21. The Hall–Kier alpha value is -0.120. The highest BCUT2D eigenvalue weighted by molar-refractivity contribution is 4.68. The van der Waals surface area contributed by atoms with Crippen LogP contribution in [-0.4, -0.2) is 38.5 Å². The van der Waals surface area contributed by atoms with Gasteiger partial charge in [-0.05, 0) is 12.8 Å². The summed E-state index contributed by atoms with van der Waals surface area (Å²) in [5.41, 5.74) is 0. The molecular weight excluding hydrogens is 154 g/mol. The van der Waals surface area contributed by atoms with Gasteiger partial charge in [0, 0.05) is 13.6 Å². The Morgan fingerprint density at radius 3 is 2.75 bits per heavy atom. The smallest absolute Gasteiger partial charge is 0.0810 e. The van der Waals surface area contributed by atoms with Crippen molar-refractivity contribution in [2.75, 3.05) is 27.3 Å². The number of nitrogens with zero attached hydrogens (tertiary/aromatic N) is 1. The van der Waals surface area contributed by atoms with Gasteiger partial charge in [0.05, 0.1) is 19.8 Å². The maximum absolute atomic E-state index is 5.12. The van der Waals surface area contributed by atoms with Crippen LogP contribution in [0.2, 0.25) is 0 Å². The normalized spacial score (nSPS) is 21.8. The van der Waals surface area contributed by atoms with Gasteiger partial charge in [-0.3, -0.25) is 0 Å². The van der Waals surface area contributed by atoms with Gasteiger partial charge in [0.2, 0.25) is 0 Å². The van der Waals surface area contributed by atoms with Crippen LogP contribution in [0.3, 0.4) is 0 Å². The second-order valence-corrected chi connectivity index (χ2v) is 3.34. The van der Waals surface area contributed by atoms with E-state index in [2.05, 4.69) is 0 Å². The van der Waals surface area contributed by atoms with E-state index in [4.69, 9.17) is 9.57 Å². The van der Waals surface area contributed by atoms with Crippen molar-refractivity contribution in [3.8, 4) is 0 Å². The molecule has 12 heavy (non-hydrogen) atoms. The van der Waals surface area contributed by atoms with E-state index in [0.29, 0.717) is 6.10 Å². The van der Waals surface area contributed by atoms with Crippen LogP contribution in [0.1, 0.15) is 25.7 Å². The van der Waals surface area contributed by atoms with Crippen molar-refractivity contribution in [2.24, 2.45) is 0 Å². The van der Waals surface area contributed by atoms with Gasteiger partial charge in [0.25, 0.3) is 0 Å². The molecule has 1 heterocycles. The molecule has 0 aromatic heterocycles. The van der Waals surface area contributed by atoms with Crippen LogP contribution in [-0.2, 0) is 9.57 Å². The average Bonchev–Trinajstić information content (AvgIpc) is 2.87. The Morgan fingerprint density at radius 2 is 2.17 bits per heavy atom. The zero-order valence-electron chi connectivity index (χ0n) is 8.08. The Balaban J connectivity index is 1.75. The van der Waals surface area contributed by atoms with Gasteiger partial charge in [-0.1, -0.05) is 12.8 Å². The van der Waals surface area contributed by atoms with Crippen LogP contribution in [0.5, 0.6) is 0 Å². The molecule has 0 aromatic rings. The summed E-state index contributed by atoms with van der Waals surface area (Å²) in [5, 5.41) is 1.87. The number of hydroxylamine groups is 2. The molecule has 0 spiro atoms. The van der Waals surface area contributed by atoms with Gasteiger partial charge < -0.3 is 9.57 Å². The van der Waals surface area contributed by atoms with Crippen molar-refractivity contribution in [3.05, 3.63) is 0 Å². The van der Waals surface area contributed by atoms with E-state index in [-0.39, 0.29) is 0 Å². The molecule has 72 valence electrons. The fourth-order valence-corrected chi connectivity index (χ4v) is 1.21. The van der Waals surface area contributed by atoms with Crippen LogP contribution in [0.25, 0.3) is 0 Å². The number of rotatable bonds is 7. The second-order valence-electron chi connectivity index (χ2n) is 3.34. The lowest BCUT2D eigenvalue weighted by atomic mass is 10.1. The molecule has 1 aliphatic rings. The highest BCUT2D eigenvalue weighted by Gasteiger charge is 2.20. The summed E-state index contributed by atoms with van der Waals surface area (Å²) in [5.74, 6) is 0. The van der Waals surface area contributed by atoms with Crippen LogP contribution in [0.15, 0.2) is 0 Å². The molecule has 0 N–H and O–H groups in total. The summed E-state index contributed by atoms with van der Waals surface area (Å²) in [6.07, 6.45) is 5.65. The van der Waals surface area contributed by atoms with Gasteiger partial charge in [0.1, 0.15) is 0 Å². The summed E-state index contributed by atoms with van der Waals surface area (Å²) in [4.78, 5) is 5.00. The Morgan fingerprint density at radius 1 is 1.42 bits per heavy atom. The van der Waals surface area contributed by atoms with Crippen molar-refractivity contribution in [1.82, 2.24) is 5.06 Å². The molecule has 0 amide bonds. The molecule has 1 unspecified atom stereocenters. The van der Waals surface area contributed by atoms with Crippen molar-refractivity contribution in [3.63, 3.8) is 0 Å². The molecule has 0 bridgehead atoms. The molecule has 0 aromatic carbocycles. The van der Waals surface area contributed by atoms with Gasteiger partial charge in [-0.15, -0.1) is 0 Å². The highest BCUT2D eigenvalue weighted by atomic mass is 16.7. The zero-order valence-corrected chi connectivity index (χ0v) is 8.08. The van der Waals surface area contributed by atoms with Gasteiger partial charge in [-0.2, -0.15) is 5.06 Å². The summed E-state index contributed by atoms with van der Waals surface area (Å²) in [7, 11) is 3.67. The van der Waals surface area contributed by atoms with E-state index in [0.717, 1.165) is 13.2 Å². The van der Waals surface area contributed by atoms with Gasteiger partial charge >= 0.3 is 0 Å². The topological polar surface area (TPSA) is 25.0 Å². The predicted octanol–water partition coefficient (Wildman–Crippen LogP) is 1.44. The van der Waals surface area contributed by atoms with Crippen molar-refractivity contribution in [2.45, 2.75) is 31.8 Å². The molecule has 0 radical (unpaired) electrons. The molecule has 1 saturated heterocycles. The Bertz CT molecular complexity index is 115. The first-order valence-electron chi connectivity index (χ1n) is 4.70. The van der Waals surface area contributed by atoms with Crippen LogP contribution >= 0.6 is 0 Å². The van der Waals surface area contributed by atoms with E-state index in [1.54, 1.807) is 7.11 Å². The lowest BCUT2D eigenvalue weighted by Gasteiger charge is -2.12. The van der Waals surface area contributed by atoms with E-state index >= 15 is 0 Å². The first-order chi connectivity index (χ1) is 5.83. The fraction of sp³-hybridized carbons (Fsp3) is 1.00. The van der Waals surface area contributed by atoms with E-state index in [1.807, 2.05) is 12.1 Å². The lowest BCUT2D eigenvalue weighted by molar-refractivity contribution is -0.109. The van der Waals surface area contributed by atoms with Gasteiger partial charge in [0.15, 0.2) is 0 Å². The number of unbranched alkanes of at least 4 members (excludes halogenated alkanes) is 2. The minimum absolute atomic E-state index is 0.602. The molecule has 1 aliphatic heterocycles. The highest BCUT2D eigenvalue weighted by Crippen LogP contribution is 2.16. The number of epoxide rings is 1. The molecule has 0 saturated carbocycles. The SMILES string of the molecule is CON(C)CCCCCC1CO1. The molecule has 1 atom stereocenters. The van der Waals surface area contributed by atoms with Crippen molar-refractivity contribution in [1.29, 1.82) is 0 Å². The molecule has 1 fully saturated rings. The average molecular weight is 173 g/mol. The predicted molar refractivity (Wildman–Crippen MR) is 47.8 cm³/mol. The zero-order chi connectivity index (χ0) is 8.81. The maximum Gasteiger partial charge on any atom is 0.0810 e. The quantitative estimate of drug-likeness (QED) is 0.331. The van der Waals surface area contributed by atoms with Crippen LogP contribution in [0, 0.1) is 0 Å². The first-order valence-corrected chi connectivity index (χ1v) is 4.70. The molecule has 1 rings (SSSR count). The Kier molecular flexibility index (Phi) is 4.58. The lowest BCUT2D eigenvalue weighted by Crippen LogP contribution is -2.17. The third kappa shape index (κ3) is 4.70. The molecule has 3 heteroatoms. The largest absolute Gasteiger partial charge is 0.373 e. The standard InChI is InChI=1S/C9H19NO2/c1-10(11-2)7-5-3-4-6-9-8-12-9/h9H,3-8H2,1-2H3. The minimum Gasteiger partial charge on any atom is -0.373 e. The third-order valence-corrected chi connectivity index (χ3v) is 2.21. The number of ether oxygens (including phenoxy) is 1. The number of hydrogen-bond acceptors (Lipinski definition) is 3. The summed E-state index contributed by atoms with van der Waals surface area (Å²) < 4.78 is 5.12. The molecular formula is C9H19NO2. The fourth-order valence-electron chi connectivity index (χ4n) is 1.21. The van der Waals surface area contributed by atoms with Crippen molar-refractivity contribution >= 4 is 0 Å². The van der Waals surface area contributed by atoms with E-state index in [1.165, 1.54) is 25.7 Å². The summed E-state index contributed by atoms with van der Waals surface area (Å²) in [6, 6.07) is 0. The number of hydrogen-bond donors (Lipinski definition) is 0. The first kappa shape index (κ1) is 9.96. The van der Waals surface area contributed by atoms with E-state index < -0.39 is 0 Å². The molecule has 0 aliphatic carbocycles. The second kappa shape index (κ2) is 5.51. The minimum atomic E-state index is 0.602. The monoisotopic (exact) mass is 173 g/mol. The summed E-state index contributed by atoms with van der Waals surface area (Å²) >= 11 is 0. The van der Waals surface area contributed by atoms with E-state index in [9.17, 15) is 0 Å². The van der Waals surface area contributed by atoms with Crippen LogP contribution < -0.4 is 0 Å². The summed E-state index contributed by atoms with van der Waals surface area (Å²) in [6.45, 7) is 2.03. The van der Waals surface area contributed by atoms with Gasteiger partial charge in [-0.25, -0.2) is 0 Å².